The summed E-state index contributed by atoms with van der Waals surface area (Å²) in [7, 11) is 0. The number of esters is 1. The number of aromatic nitrogens is 3. The summed E-state index contributed by atoms with van der Waals surface area (Å²) >= 11 is 1.72. The zero-order chi connectivity index (χ0) is 17.4. The number of thioether (sulfide) groups is 1. The number of carbonyl (C=O) groups is 1. The number of pyridine rings is 1. The summed E-state index contributed by atoms with van der Waals surface area (Å²) in [6.45, 7) is 4.07. The van der Waals surface area contributed by atoms with Gasteiger partial charge in [-0.25, -0.2) is 9.48 Å². The van der Waals surface area contributed by atoms with Gasteiger partial charge in [-0.1, -0.05) is 18.2 Å². The molecule has 1 aliphatic heterocycles. The van der Waals surface area contributed by atoms with Gasteiger partial charge in [0.2, 0.25) is 0 Å². The third-order valence-electron chi connectivity index (χ3n) is 4.11. The molecule has 126 valence electrons. The Labute approximate surface area is 150 Å². The van der Waals surface area contributed by atoms with Crippen LogP contribution in [0.25, 0.3) is 16.9 Å². The van der Waals surface area contributed by atoms with Gasteiger partial charge >= 0.3 is 5.97 Å². The summed E-state index contributed by atoms with van der Waals surface area (Å²) in [4.78, 5) is 18.0. The first-order valence-electron chi connectivity index (χ1n) is 8.13. The van der Waals surface area contributed by atoms with Crippen molar-refractivity contribution >= 4 is 17.7 Å². The van der Waals surface area contributed by atoms with E-state index < -0.39 is 0 Å². The molecule has 0 spiro atoms. The van der Waals surface area contributed by atoms with Crippen molar-refractivity contribution < 1.29 is 9.53 Å². The van der Waals surface area contributed by atoms with Crippen LogP contribution in [0.1, 0.15) is 28.7 Å². The smallest absolute Gasteiger partial charge is 0.359 e. The third kappa shape index (κ3) is 2.72. The van der Waals surface area contributed by atoms with Gasteiger partial charge in [0, 0.05) is 27.5 Å². The SMILES string of the molecule is CCOC(=O)c1nn(-c2ccc(C)nc2)c2c1CSc1ccccc1-2. The fourth-order valence-electron chi connectivity index (χ4n) is 2.94. The Morgan fingerprint density at radius 2 is 2.12 bits per heavy atom. The number of carbonyl (C=O) groups excluding carboxylic acids is 1. The molecule has 0 fully saturated rings. The van der Waals surface area contributed by atoms with Gasteiger partial charge in [0.1, 0.15) is 0 Å². The molecule has 3 heterocycles. The van der Waals surface area contributed by atoms with E-state index in [1.807, 2.05) is 35.9 Å². The number of ether oxygens (including phenoxy) is 1. The number of benzene rings is 1. The zero-order valence-corrected chi connectivity index (χ0v) is 14.8. The van der Waals surface area contributed by atoms with Crippen LogP contribution in [0.3, 0.4) is 0 Å². The second-order valence-corrected chi connectivity index (χ2v) is 6.77. The molecule has 1 aromatic carbocycles. The van der Waals surface area contributed by atoms with Crippen molar-refractivity contribution in [3.63, 3.8) is 0 Å². The Balaban J connectivity index is 1.96. The molecule has 2 aromatic heterocycles. The second-order valence-electron chi connectivity index (χ2n) is 5.75. The normalized spacial score (nSPS) is 12.4. The lowest BCUT2D eigenvalue weighted by Crippen LogP contribution is -2.08. The number of hydrogen-bond acceptors (Lipinski definition) is 5. The Morgan fingerprint density at radius 3 is 2.88 bits per heavy atom. The highest BCUT2D eigenvalue weighted by Gasteiger charge is 2.29. The highest BCUT2D eigenvalue weighted by Crippen LogP contribution is 2.43. The van der Waals surface area contributed by atoms with E-state index in [9.17, 15) is 4.79 Å². The van der Waals surface area contributed by atoms with Crippen LogP contribution in [0, 0.1) is 6.92 Å². The maximum atomic E-state index is 12.4. The standard InChI is InChI=1S/C19H17N3O2S/c1-3-24-19(23)17-15-11-25-16-7-5-4-6-14(16)18(15)22(21-17)13-9-8-12(2)20-10-13/h4-10H,3,11H2,1-2H3. The van der Waals surface area contributed by atoms with Crippen molar-refractivity contribution in [1.29, 1.82) is 0 Å². The lowest BCUT2D eigenvalue weighted by molar-refractivity contribution is 0.0518. The minimum Gasteiger partial charge on any atom is -0.461 e. The molecule has 0 aliphatic carbocycles. The van der Waals surface area contributed by atoms with Crippen molar-refractivity contribution in [2.24, 2.45) is 0 Å². The minimum atomic E-state index is -0.377. The average molecular weight is 351 g/mol. The lowest BCUT2D eigenvalue weighted by Gasteiger charge is -2.18. The zero-order valence-electron chi connectivity index (χ0n) is 14.0. The molecule has 0 radical (unpaired) electrons. The first kappa shape index (κ1) is 15.9. The summed E-state index contributed by atoms with van der Waals surface area (Å²) < 4.78 is 7.02. The number of nitrogens with zero attached hydrogens (tertiary/aromatic N) is 3. The maximum absolute atomic E-state index is 12.4. The molecule has 0 N–H and O–H groups in total. The minimum absolute atomic E-state index is 0.330. The van der Waals surface area contributed by atoms with Gasteiger partial charge in [0.15, 0.2) is 5.69 Å². The Bertz CT molecular complexity index is 948. The van der Waals surface area contributed by atoms with Crippen LogP contribution in [-0.2, 0) is 10.5 Å². The van der Waals surface area contributed by atoms with E-state index in [0.717, 1.165) is 28.2 Å². The second kappa shape index (κ2) is 6.37. The van der Waals surface area contributed by atoms with Crippen molar-refractivity contribution in [1.82, 2.24) is 14.8 Å². The fraction of sp³-hybridized carbons (Fsp3) is 0.211. The van der Waals surface area contributed by atoms with Crippen LogP contribution in [0.2, 0.25) is 0 Å². The van der Waals surface area contributed by atoms with Crippen LogP contribution in [0.4, 0.5) is 0 Å². The summed E-state index contributed by atoms with van der Waals surface area (Å²) in [5.74, 6) is 0.317. The third-order valence-corrected chi connectivity index (χ3v) is 5.21. The number of hydrogen-bond donors (Lipinski definition) is 0. The highest BCUT2D eigenvalue weighted by atomic mass is 32.2. The molecule has 5 nitrogen and oxygen atoms in total. The van der Waals surface area contributed by atoms with Crippen molar-refractivity contribution in [3.05, 3.63) is 59.5 Å². The number of aryl methyl sites for hydroxylation is 1. The molecule has 0 bridgehead atoms. The highest BCUT2D eigenvalue weighted by molar-refractivity contribution is 7.98. The van der Waals surface area contributed by atoms with Crippen molar-refractivity contribution in [3.8, 4) is 16.9 Å². The topological polar surface area (TPSA) is 57.0 Å². The van der Waals surface area contributed by atoms with E-state index in [1.54, 1.807) is 24.9 Å². The van der Waals surface area contributed by atoms with E-state index in [4.69, 9.17) is 4.74 Å². The average Bonchev–Trinajstić information content (AvgIpc) is 3.03. The van der Waals surface area contributed by atoms with Gasteiger partial charge in [0.25, 0.3) is 0 Å². The predicted molar refractivity (Wildman–Crippen MR) is 97.0 cm³/mol. The Kier molecular flexibility index (Phi) is 4.05. The van der Waals surface area contributed by atoms with Crippen molar-refractivity contribution in [2.75, 3.05) is 6.61 Å². The molecule has 6 heteroatoms. The molecule has 0 saturated heterocycles. The Morgan fingerprint density at radius 1 is 1.28 bits per heavy atom. The fourth-order valence-corrected chi connectivity index (χ4v) is 4.01. The monoisotopic (exact) mass is 351 g/mol. The van der Waals surface area contributed by atoms with Crippen LogP contribution in [0.15, 0.2) is 47.5 Å². The van der Waals surface area contributed by atoms with Gasteiger partial charge in [-0.15, -0.1) is 11.8 Å². The van der Waals surface area contributed by atoms with Gasteiger partial charge in [-0.3, -0.25) is 4.98 Å². The largest absolute Gasteiger partial charge is 0.461 e. The Hall–Kier alpha value is -2.60. The quantitative estimate of drug-likeness (QED) is 0.667. The van der Waals surface area contributed by atoms with Crippen LogP contribution >= 0.6 is 11.8 Å². The molecule has 0 saturated carbocycles. The first-order chi connectivity index (χ1) is 12.2. The summed E-state index contributed by atoms with van der Waals surface area (Å²) in [5, 5.41) is 4.60. The van der Waals surface area contributed by atoms with E-state index in [2.05, 4.69) is 22.2 Å². The van der Waals surface area contributed by atoms with Crippen LogP contribution in [0.5, 0.6) is 0 Å². The van der Waals surface area contributed by atoms with Gasteiger partial charge in [0.05, 0.1) is 24.2 Å². The van der Waals surface area contributed by atoms with E-state index in [1.165, 1.54) is 4.90 Å². The molecule has 0 atom stereocenters. The van der Waals surface area contributed by atoms with Gasteiger partial charge in [-0.2, -0.15) is 5.10 Å². The molecule has 4 rings (SSSR count). The molecule has 25 heavy (non-hydrogen) atoms. The van der Waals surface area contributed by atoms with E-state index in [0.29, 0.717) is 18.1 Å². The summed E-state index contributed by atoms with van der Waals surface area (Å²) in [6, 6.07) is 12.1. The summed E-state index contributed by atoms with van der Waals surface area (Å²) in [6.07, 6.45) is 1.78. The van der Waals surface area contributed by atoms with Gasteiger partial charge < -0.3 is 4.74 Å². The van der Waals surface area contributed by atoms with Crippen LogP contribution < -0.4 is 0 Å². The molecule has 1 aliphatic rings. The molecule has 0 unspecified atom stereocenters. The van der Waals surface area contributed by atoms with E-state index >= 15 is 0 Å². The number of rotatable bonds is 3. The van der Waals surface area contributed by atoms with E-state index in [-0.39, 0.29) is 5.97 Å². The lowest BCUT2D eigenvalue weighted by atomic mass is 10.1. The summed E-state index contributed by atoms with van der Waals surface area (Å²) in [5.41, 5.74) is 5.10. The molecular formula is C19H17N3O2S. The molecular weight excluding hydrogens is 334 g/mol. The number of fused-ring (bicyclic) bond motifs is 3. The molecule has 3 aromatic rings. The maximum Gasteiger partial charge on any atom is 0.359 e. The first-order valence-corrected chi connectivity index (χ1v) is 9.12. The van der Waals surface area contributed by atoms with Gasteiger partial charge in [-0.05, 0) is 32.0 Å². The van der Waals surface area contributed by atoms with Crippen LogP contribution in [-0.4, -0.2) is 27.3 Å². The predicted octanol–water partition coefficient (Wildman–Crippen LogP) is 4.03. The molecule has 0 amide bonds. The van der Waals surface area contributed by atoms with Crippen molar-refractivity contribution in [2.45, 2.75) is 24.5 Å².